The van der Waals surface area contributed by atoms with Crippen LogP contribution in [0.3, 0.4) is 0 Å². The fraction of sp³-hybridized carbons (Fsp3) is 0.556. The van der Waals surface area contributed by atoms with Crippen LogP contribution in [-0.4, -0.2) is 29.2 Å². The molecule has 14 heavy (non-hydrogen) atoms. The topological polar surface area (TPSA) is 67.0 Å². The smallest absolute Gasteiger partial charge is 0.290 e. The van der Waals surface area contributed by atoms with Crippen molar-refractivity contribution in [2.24, 2.45) is 0 Å². The number of aromatic nitrogens is 2. The molecule has 2 N–H and O–H groups in total. The molecule has 1 heterocycles. The van der Waals surface area contributed by atoms with Gasteiger partial charge >= 0.3 is 0 Å². The molecule has 0 spiro atoms. The lowest BCUT2D eigenvalue weighted by Gasteiger charge is -2.19. The van der Waals surface area contributed by atoms with Gasteiger partial charge in [0.2, 0.25) is 0 Å². The Bertz CT molecular complexity index is 337. The summed E-state index contributed by atoms with van der Waals surface area (Å²) in [5.41, 5.74) is -0.220. The summed E-state index contributed by atoms with van der Waals surface area (Å²) in [6.07, 6.45) is 3.06. The summed E-state index contributed by atoms with van der Waals surface area (Å²) < 4.78 is 5.12. The molecule has 0 fully saturated rings. The molecule has 0 saturated heterocycles. The maximum atomic E-state index is 11.2. The van der Waals surface area contributed by atoms with Crippen LogP contribution >= 0.6 is 0 Å². The Hall–Kier alpha value is -1.36. The second-order valence-corrected chi connectivity index (χ2v) is 3.14. The largest absolute Gasteiger partial charge is 0.380 e. The molecule has 1 aromatic rings. The maximum absolute atomic E-state index is 11.2. The molecular formula is C9H15N3O2. The molecule has 0 aliphatic carbocycles. The fourth-order valence-electron chi connectivity index (χ4n) is 0.992. The van der Waals surface area contributed by atoms with E-state index >= 15 is 0 Å². The SMILES string of the molecule is COC(C)[C@H](C)Nc1ncc[nH]c1=O. The van der Waals surface area contributed by atoms with E-state index in [4.69, 9.17) is 4.74 Å². The number of aromatic amines is 1. The van der Waals surface area contributed by atoms with Crippen LogP contribution in [0.2, 0.25) is 0 Å². The van der Waals surface area contributed by atoms with E-state index in [-0.39, 0.29) is 17.7 Å². The van der Waals surface area contributed by atoms with Crippen LogP contribution in [0.1, 0.15) is 13.8 Å². The second kappa shape index (κ2) is 4.76. The third-order valence-electron chi connectivity index (χ3n) is 2.15. The second-order valence-electron chi connectivity index (χ2n) is 3.14. The maximum Gasteiger partial charge on any atom is 0.290 e. The van der Waals surface area contributed by atoms with Gasteiger partial charge in [0.1, 0.15) is 0 Å². The third kappa shape index (κ3) is 2.56. The molecule has 0 saturated carbocycles. The average molecular weight is 197 g/mol. The Kier molecular flexibility index (Phi) is 3.64. The molecule has 0 amide bonds. The zero-order valence-corrected chi connectivity index (χ0v) is 8.57. The van der Waals surface area contributed by atoms with E-state index in [1.165, 1.54) is 12.4 Å². The summed E-state index contributed by atoms with van der Waals surface area (Å²) in [6.45, 7) is 3.86. The van der Waals surface area contributed by atoms with Crippen LogP contribution in [0, 0.1) is 0 Å². The van der Waals surface area contributed by atoms with Crippen molar-refractivity contribution in [3.63, 3.8) is 0 Å². The van der Waals surface area contributed by atoms with E-state index in [1.54, 1.807) is 7.11 Å². The highest BCUT2D eigenvalue weighted by atomic mass is 16.5. The summed E-state index contributed by atoms with van der Waals surface area (Å²) in [5, 5.41) is 2.98. The van der Waals surface area contributed by atoms with E-state index in [0.29, 0.717) is 5.82 Å². The van der Waals surface area contributed by atoms with Crippen molar-refractivity contribution >= 4 is 5.82 Å². The van der Waals surface area contributed by atoms with E-state index in [0.717, 1.165) is 0 Å². The van der Waals surface area contributed by atoms with Gasteiger partial charge in [0.15, 0.2) is 5.82 Å². The molecule has 0 aliphatic rings. The van der Waals surface area contributed by atoms with Crippen LogP contribution < -0.4 is 10.9 Å². The van der Waals surface area contributed by atoms with Crippen molar-refractivity contribution in [1.29, 1.82) is 0 Å². The van der Waals surface area contributed by atoms with Crippen molar-refractivity contribution in [3.05, 3.63) is 22.7 Å². The predicted octanol–water partition coefficient (Wildman–Crippen LogP) is 0.605. The number of nitrogens with one attached hydrogen (secondary N) is 2. The first-order valence-corrected chi connectivity index (χ1v) is 4.48. The average Bonchev–Trinajstić information content (AvgIpc) is 2.20. The summed E-state index contributed by atoms with van der Waals surface area (Å²) in [4.78, 5) is 17.7. The van der Waals surface area contributed by atoms with Gasteiger partial charge in [-0.15, -0.1) is 0 Å². The molecule has 2 atom stereocenters. The van der Waals surface area contributed by atoms with Gasteiger partial charge in [0, 0.05) is 19.5 Å². The monoisotopic (exact) mass is 197 g/mol. The quantitative estimate of drug-likeness (QED) is 0.742. The van der Waals surface area contributed by atoms with E-state index in [1.807, 2.05) is 13.8 Å². The standard InChI is InChI=1S/C9H15N3O2/c1-6(7(2)14-3)12-8-9(13)11-5-4-10-8/h4-7H,1-3H3,(H,10,12)(H,11,13)/t6-,7?/m0/s1. The van der Waals surface area contributed by atoms with Gasteiger partial charge in [-0.1, -0.05) is 0 Å². The number of anilines is 1. The minimum absolute atomic E-state index is 0.0245. The van der Waals surface area contributed by atoms with Crippen LogP contribution in [0.4, 0.5) is 5.82 Å². The van der Waals surface area contributed by atoms with Crippen molar-refractivity contribution in [1.82, 2.24) is 9.97 Å². The van der Waals surface area contributed by atoms with Crippen LogP contribution in [-0.2, 0) is 4.74 Å². The summed E-state index contributed by atoms with van der Waals surface area (Å²) in [6, 6.07) is 0.0380. The highest BCUT2D eigenvalue weighted by Gasteiger charge is 2.12. The van der Waals surface area contributed by atoms with Gasteiger partial charge in [-0.2, -0.15) is 0 Å². The number of rotatable bonds is 4. The Balaban J connectivity index is 2.69. The van der Waals surface area contributed by atoms with Crippen molar-refractivity contribution in [3.8, 4) is 0 Å². The third-order valence-corrected chi connectivity index (χ3v) is 2.15. The summed E-state index contributed by atoms with van der Waals surface area (Å²) in [5.74, 6) is 0.323. The Morgan fingerprint density at radius 3 is 2.86 bits per heavy atom. The Labute approximate surface area is 82.5 Å². The van der Waals surface area contributed by atoms with Crippen molar-refractivity contribution in [2.75, 3.05) is 12.4 Å². The first-order valence-electron chi connectivity index (χ1n) is 4.48. The molecular weight excluding hydrogens is 182 g/mol. The minimum atomic E-state index is -0.220. The first-order chi connectivity index (χ1) is 6.65. The normalized spacial score (nSPS) is 14.8. The number of methoxy groups -OCH3 is 1. The highest BCUT2D eigenvalue weighted by Crippen LogP contribution is 2.02. The van der Waals surface area contributed by atoms with Gasteiger partial charge in [-0.3, -0.25) is 4.79 Å². The van der Waals surface area contributed by atoms with Crippen LogP contribution in [0.15, 0.2) is 17.2 Å². The molecule has 5 nitrogen and oxygen atoms in total. The lowest BCUT2D eigenvalue weighted by molar-refractivity contribution is 0.106. The number of hydrogen-bond acceptors (Lipinski definition) is 4. The van der Waals surface area contributed by atoms with E-state index < -0.39 is 0 Å². The van der Waals surface area contributed by atoms with Gasteiger partial charge in [-0.25, -0.2) is 4.98 Å². The predicted molar refractivity (Wildman–Crippen MR) is 54.4 cm³/mol. The summed E-state index contributed by atoms with van der Waals surface area (Å²) >= 11 is 0. The fourth-order valence-corrected chi connectivity index (χ4v) is 0.992. The lowest BCUT2D eigenvalue weighted by Crippen LogP contribution is -2.32. The van der Waals surface area contributed by atoms with Gasteiger partial charge in [-0.05, 0) is 13.8 Å². The zero-order chi connectivity index (χ0) is 10.6. The summed E-state index contributed by atoms with van der Waals surface area (Å²) in [7, 11) is 1.63. The number of ether oxygens (including phenoxy) is 1. The van der Waals surface area contributed by atoms with Gasteiger partial charge in [0.25, 0.3) is 5.56 Å². The molecule has 1 unspecified atom stereocenters. The van der Waals surface area contributed by atoms with Crippen molar-refractivity contribution in [2.45, 2.75) is 26.0 Å². The molecule has 1 aromatic heterocycles. The molecule has 0 aliphatic heterocycles. The van der Waals surface area contributed by atoms with Crippen molar-refractivity contribution < 1.29 is 4.74 Å². The Morgan fingerprint density at radius 2 is 2.29 bits per heavy atom. The van der Waals surface area contributed by atoms with Crippen LogP contribution in [0.25, 0.3) is 0 Å². The lowest BCUT2D eigenvalue weighted by atomic mass is 10.2. The molecule has 0 radical (unpaired) electrons. The highest BCUT2D eigenvalue weighted by molar-refractivity contribution is 5.31. The van der Waals surface area contributed by atoms with Crippen LogP contribution in [0.5, 0.6) is 0 Å². The first kappa shape index (κ1) is 10.7. The molecule has 0 bridgehead atoms. The van der Waals surface area contributed by atoms with Gasteiger partial charge in [0.05, 0.1) is 12.1 Å². The molecule has 1 rings (SSSR count). The Morgan fingerprint density at radius 1 is 1.57 bits per heavy atom. The van der Waals surface area contributed by atoms with E-state index in [2.05, 4.69) is 15.3 Å². The van der Waals surface area contributed by atoms with E-state index in [9.17, 15) is 4.79 Å². The molecule has 78 valence electrons. The number of nitrogens with zero attached hydrogens (tertiary/aromatic N) is 1. The number of hydrogen-bond donors (Lipinski definition) is 2. The molecule has 5 heteroatoms. The molecule has 0 aromatic carbocycles. The minimum Gasteiger partial charge on any atom is -0.380 e. The zero-order valence-electron chi connectivity index (χ0n) is 8.57. The van der Waals surface area contributed by atoms with Gasteiger partial charge < -0.3 is 15.0 Å². The number of H-pyrrole nitrogens is 1.